The van der Waals surface area contributed by atoms with Gasteiger partial charge in [-0.05, 0) is 18.9 Å². The van der Waals surface area contributed by atoms with E-state index in [1.54, 1.807) is 6.07 Å². The summed E-state index contributed by atoms with van der Waals surface area (Å²) in [6.07, 6.45) is 2.84. The molecule has 4 heterocycles. The quantitative estimate of drug-likeness (QED) is 0.788. The van der Waals surface area contributed by atoms with Gasteiger partial charge in [-0.3, -0.25) is 0 Å². The van der Waals surface area contributed by atoms with Gasteiger partial charge in [0, 0.05) is 38.2 Å². The standard InChI is InChI=1S/C16H22N6O3S.ClH/c1-25-15-3-2-13(10-18-15)26(23,24)21-7-4-12(5-8-21)16-20-19-14-11-17-6-9-22(14)16;/h2-3,10,12,17H,4-9,11H2,1H3;1H. The first-order valence-electron chi connectivity index (χ1n) is 8.72. The highest BCUT2D eigenvalue weighted by Gasteiger charge is 2.32. The van der Waals surface area contributed by atoms with E-state index in [-0.39, 0.29) is 23.2 Å². The van der Waals surface area contributed by atoms with Gasteiger partial charge >= 0.3 is 0 Å². The molecular formula is C16H23ClN6O3S. The van der Waals surface area contributed by atoms with Crippen LogP contribution in [-0.4, -0.2) is 59.2 Å². The maximum Gasteiger partial charge on any atom is 0.244 e. The summed E-state index contributed by atoms with van der Waals surface area (Å²) in [6.45, 7) is 3.47. The molecule has 11 heteroatoms. The van der Waals surface area contributed by atoms with Gasteiger partial charge < -0.3 is 14.6 Å². The average Bonchev–Trinajstić information content (AvgIpc) is 3.12. The summed E-state index contributed by atoms with van der Waals surface area (Å²) in [6, 6.07) is 3.10. The highest BCUT2D eigenvalue weighted by Crippen LogP contribution is 2.30. The molecule has 0 spiro atoms. The zero-order valence-electron chi connectivity index (χ0n) is 15.0. The zero-order valence-corrected chi connectivity index (χ0v) is 16.7. The molecule has 0 bridgehead atoms. The molecule has 4 rings (SSSR count). The first-order valence-corrected chi connectivity index (χ1v) is 10.2. The first-order chi connectivity index (χ1) is 12.6. The Morgan fingerprint density at radius 1 is 1.19 bits per heavy atom. The Kier molecular flexibility index (Phi) is 5.99. The largest absolute Gasteiger partial charge is 0.481 e. The number of hydrogen-bond acceptors (Lipinski definition) is 7. The second-order valence-electron chi connectivity index (χ2n) is 6.52. The Morgan fingerprint density at radius 3 is 2.63 bits per heavy atom. The van der Waals surface area contributed by atoms with E-state index in [2.05, 4.69) is 25.1 Å². The molecule has 1 N–H and O–H groups in total. The lowest BCUT2D eigenvalue weighted by molar-refractivity contribution is 0.307. The van der Waals surface area contributed by atoms with Crippen LogP contribution in [0.4, 0.5) is 0 Å². The van der Waals surface area contributed by atoms with Crippen LogP contribution in [0.1, 0.15) is 30.4 Å². The third-order valence-corrected chi connectivity index (χ3v) is 6.91. The summed E-state index contributed by atoms with van der Waals surface area (Å²) in [5.41, 5.74) is 0. The van der Waals surface area contributed by atoms with Crippen molar-refractivity contribution in [1.29, 1.82) is 0 Å². The van der Waals surface area contributed by atoms with E-state index in [1.165, 1.54) is 23.7 Å². The second-order valence-corrected chi connectivity index (χ2v) is 8.46. The molecule has 2 aromatic heterocycles. The number of nitrogens with zero attached hydrogens (tertiary/aromatic N) is 5. The Balaban J connectivity index is 0.00000210. The smallest absolute Gasteiger partial charge is 0.244 e. The lowest BCUT2D eigenvalue weighted by Gasteiger charge is -2.31. The molecule has 0 aromatic carbocycles. The second kappa shape index (κ2) is 8.09. The van der Waals surface area contributed by atoms with Crippen molar-refractivity contribution >= 4 is 22.4 Å². The van der Waals surface area contributed by atoms with Crippen molar-refractivity contribution in [2.24, 2.45) is 0 Å². The van der Waals surface area contributed by atoms with E-state index in [0.717, 1.165) is 44.1 Å². The maximum atomic E-state index is 12.8. The molecule has 2 aliphatic heterocycles. The van der Waals surface area contributed by atoms with E-state index < -0.39 is 10.0 Å². The summed E-state index contributed by atoms with van der Waals surface area (Å²) in [5, 5.41) is 11.9. The molecule has 0 amide bonds. The number of rotatable bonds is 4. The fourth-order valence-electron chi connectivity index (χ4n) is 3.56. The van der Waals surface area contributed by atoms with Gasteiger partial charge in [0.2, 0.25) is 15.9 Å². The topological polar surface area (TPSA) is 102 Å². The molecule has 0 atom stereocenters. The number of methoxy groups -OCH3 is 1. The monoisotopic (exact) mass is 414 g/mol. The zero-order chi connectivity index (χ0) is 18.1. The van der Waals surface area contributed by atoms with E-state index in [9.17, 15) is 8.42 Å². The van der Waals surface area contributed by atoms with Crippen LogP contribution in [0.3, 0.4) is 0 Å². The van der Waals surface area contributed by atoms with Crippen LogP contribution < -0.4 is 10.1 Å². The Labute approximate surface area is 164 Å². The first kappa shape index (κ1) is 20.0. The molecule has 0 saturated carbocycles. The predicted octanol–water partition coefficient (Wildman–Crippen LogP) is 0.775. The minimum Gasteiger partial charge on any atom is -0.481 e. The van der Waals surface area contributed by atoms with Gasteiger partial charge in [-0.25, -0.2) is 13.4 Å². The van der Waals surface area contributed by atoms with Crippen LogP contribution in [0.2, 0.25) is 0 Å². The highest BCUT2D eigenvalue weighted by molar-refractivity contribution is 7.89. The molecular weight excluding hydrogens is 392 g/mol. The molecule has 2 aromatic rings. The Morgan fingerprint density at radius 2 is 1.96 bits per heavy atom. The van der Waals surface area contributed by atoms with Gasteiger partial charge in [-0.1, -0.05) is 0 Å². The minimum atomic E-state index is -3.53. The van der Waals surface area contributed by atoms with Crippen molar-refractivity contribution in [2.45, 2.75) is 36.7 Å². The van der Waals surface area contributed by atoms with Gasteiger partial charge in [-0.2, -0.15) is 4.31 Å². The van der Waals surface area contributed by atoms with E-state index >= 15 is 0 Å². The molecule has 27 heavy (non-hydrogen) atoms. The molecule has 0 aliphatic carbocycles. The molecule has 0 radical (unpaired) electrons. The van der Waals surface area contributed by atoms with E-state index in [0.29, 0.717) is 19.0 Å². The predicted molar refractivity (Wildman–Crippen MR) is 100 cm³/mol. The summed E-state index contributed by atoms with van der Waals surface area (Å²) in [7, 11) is -2.03. The van der Waals surface area contributed by atoms with Crippen molar-refractivity contribution in [3.8, 4) is 5.88 Å². The van der Waals surface area contributed by atoms with E-state index in [4.69, 9.17) is 4.74 Å². The fourth-order valence-corrected chi connectivity index (χ4v) is 4.98. The SMILES string of the molecule is COc1ccc(S(=O)(=O)N2CCC(c3nnc4n3CCNC4)CC2)cn1.Cl. The van der Waals surface area contributed by atoms with Crippen LogP contribution in [0.5, 0.6) is 5.88 Å². The Hall–Kier alpha value is -1.75. The van der Waals surface area contributed by atoms with Crippen LogP contribution in [0, 0.1) is 0 Å². The third-order valence-electron chi connectivity index (χ3n) is 5.03. The molecule has 2 aliphatic rings. The fraction of sp³-hybridized carbons (Fsp3) is 0.562. The third kappa shape index (κ3) is 3.79. The van der Waals surface area contributed by atoms with Crippen molar-refractivity contribution in [3.63, 3.8) is 0 Å². The number of nitrogens with one attached hydrogen (secondary N) is 1. The maximum absolute atomic E-state index is 12.8. The molecule has 1 saturated heterocycles. The lowest BCUT2D eigenvalue weighted by atomic mass is 9.97. The van der Waals surface area contributed by atoms with Crippen molar-refractivity contribution in [3.05, 3.63) is 30.0 Å². The van der Waals surface area contributed by atoms with Gasteiger partial charge in [0.1, 0.15) is 16.5 Å². The van der Waals surface area contributed by atoms with Crippen LogP contribution in [0.25, 0.3) is 0 Å². The number of piperidine rings is 1. The molecule has 148 valence electrons. The van der Waals surface area contributed by atoms with Crippen molar-refractivity contribution in [2.75, 3.05) is 26.7 Å². The summed E-state index contributed by atoms with van der Waals surface area (Å²) >= 11 is 0. The highest BCUT2D eigenvalue weighted by atomic mass is 35.5. The normalized spacial score (nSPS) is 18.6. The van der Waals surface area contributed by atoms with Gasteiger partial charge in [-0.15, -0.1) is 22.6 Å². The molecule has 0 unspecified atom stereocenters. The average molecular weight is 415 g/mol. The van der Waals surface area contributed by atoms with Gasteiger partial charge in [0.15, 0.2) is 0 Å². The summed E-state index contributed by atoms with van der Waals surface area (Å²) in [4.78, 5) is 4.20. The van der Waals surface area contributed by atoms with Crippen LogP contribution in [0.15, 0.2) is 23.2 Å². The minimum absolute atomic E-state index is 0. The number of sulfonamides is 1. The Bertz CT molecular complexity index is 878. The van der Waals surface area contributed by atoms with Crippen molar-refractivity contribution < 1.29 is 13.2 Å². The van der Waals surface area contributed by atoms with Crippen molar-refractivity contribution in [1.82, 2.24) is 29.4 Å². The van der Waals surface area contributed by atoms with Gasteiger partial charge in [0.05, 0.1) is 19.9 Å². The number of halogens is 1. The number of aromatic nitrogens is 4. The van der Waals surface area contributed by atoms with Crippen LogP contribution >= 0.6 is 12.4 Å². The number of fused-ring (bicyclic) bond motifs is 1. The number of ether oxygens (including phenoxy) is 1. The molecule has 9 nitrogen and oxygen atoms in total. The number of pyridine rings is 1. The van der Waals surface area contributed by atoms with Gasteiger partial charge in [0.25, 0.3) is 0 Å². The molecule has 1 fully saturated rings. The number of hydrogen-bond donors (Lipinski definition) is 1. The summed E-state index contributed by atoms with van der Waals surface area (Å²) < 4.78 is 34.3. The lowest BCUT2D eigenvalue weighted by Crippen LogP contribution is -2.38. The van der Waals surface area contributed by atoms with Crippen LogP contribution in [-0.2, 0) is 23.1 Å². The van der Waals surface area contributed by atoms with E-state index in [1.807, 2.05) is 0 Å². The summed E-state index contributed by atoms with van der Waals surface area (Å²) in [5.74, 6) is 2.60.